The second-order valence-corrected chi connectivity index (χ2v) is 6.44. The molecule has 4 heteroatoms. The molecule has 2 aliphatic carbocycles. The van der Waals surface area contributed by atoms with Crippen LogP contribution in [-0.4, -0.2) is 24.9 Å². The highest BCUT2D eigenvalue weighted by Crippen LogP contribution is 2.47. The highest BCUT2D eigenvalue weighted by atomic mass is 16.5. The molecule has 0 amide bonds. The summed E-state index contributed by atoms with van der Waals surface area (Å²) in [4.78, 5) is 23.5. The second kappa shape index (κ2) is 5.84. The van der Waals surface area contributed by atoms with E-state index in [1.165, 1.54) is 11.1 Å². The number of hydrogen-bond donors (Lipinski definition) is 1. The Morgan fingerprint density at radius 2 is 2.14 bits per heavy atom. The van der Waals surface area contributed by atoms with E-state index in [0.717, 1.165) is 31.2 Å². The number of Topliss-reactive ketones (excluding diaryl/α,β-unsaturated/α-hetero) is 1. The van der Waals surface area contributed by atoms with Crippen LogP contribution in [0.5, 0.6) is 0 Å². The highest BCUT2D eigenvalue weighted by molar-refractivity contribution is 5.94. The number of carbonyl (C=O) groups is 2. The predicted octanol–water partition coefficient (Wildman–Crippen LogP) is 2.81. The fraction of sp³-hybridized carbons (Fsp3) is 0.556. The molecule has 1 fully saturated rings. The van der Waals surface area contributed by atoms with Crippen molar-refractivity contribution >= 4 is 11.8 Å². The van der Waals surface area contributed by atoms with Crippen LogP contribution in [0.2, 0.25) is 0 Å². The molecule has 0 radical (unpaired) electrons. The first-order valence-corrected chi connectivity index (χ1v) is 8.10. The van der Waals surface area contributed by atoms with Crippen molar-refractivity contribution in [3.8, 4) is 0 Å². The van der Waals surface area contributed by atoms with E-state index in [1.807, 2.05) is 19.1 Å². The van der Waals surface area contributed by atoms with Crippen molar-refractivity contribution in [2.45, 2.75) is 45.6 Å². The SMILES string of the molecule is CCOC(=O)C1(CNC2CCc3cc(C(C)=O)ccc32)CC1. The third-order valence-corrected chi connectivity index (χ3v) is 4.88. The van der Waals surface area contributed by atoms with Crippen LogP contribution in [0.3, 0.4) is 0 Å². The van der Waals surface area contributed by atoms with Gasteiger partial charge in [0, 0.05) is 18.2 Å². The van der Waals surface area contributed by atoms with Gasteiger partial charge in [0.05, 0.1) is 12.0 Å². The Kier molecular flexibility index (Phi) is 4.04. The average Bonchev–Trinajstić information content (AvgIpc) is 3.19. The normalized spacial score (nSPS) is 21.3. The summed E-state index contributed by atoms with van der Waals surface area (Å²) in [7, 11) is 0. The van der Waals surface area contributed by atoms with Crippen molar-refractivity contribution in [1.29, 1.82) is 0 Å². The number of carbonyl (C=O) groups excluding carboxylic acids is 2. The minimum atomic E-state index is -0.294. The number of ketones is 1. The molecule has 0 aromatic heterocycles. The van der Waals surface area contributed by atoms with Crippen LogP contribution in [0, 0.1) is 5.41 Å². The molecule has 1 aromatic rings. The zero-order valence-corrected chi connectivity index (χ0v) is 13.3. The minimum absolute atomic E-state index is 0.0624. The lowest BCUT2D eigenvalue weighted by Gasteiger charge is -2.19. The van der Waals surface area contributed by atoms with E-state index in [4.69, 9.17) is 4.74 Å². The Labute approximate surface area is 131 Å². The number of rotatable bonds is 6. The van der Waals surface area contributed by atoms with Gasteiger partial charge in [-0.25, -0.2) is 0 Å². The first-order valence-electron chi connectivity index (χ1n) is 8.10. The maximum Gasteiger partial charge on any atom is 0.313 e. The fourth-order valence-corrected chi connectivity index (χ4v) is 3.26. The maximum absolute atomic E-state index is 12.0. The van der Waals surface area contributed by atoms with Crippen molar-refractivity contribution in [1.82, 2.24) is 5.32 Å². The van der Waals surface area contributed by atoms with Gasteiger partial charge in [-0.15, -0.1) is 0 Å². The first kappa shape index (κ1) is 15.2. The Balaban J connectivity index is 1.65. The van der Waals surface area contributed by atoms with Crippen molar-refractivity contribution < 1.29 is 14.3 Å². The van der Waals surface area contributed by atoms with E-state index in [2.05, 4.69) is 11.4 Å². The van der Waals surface area contributed by atoms with Crippen LogP contribution < -0.4 is 5.32 Å². The molecule has 3 rings (SSSR count). The quantitative estimate of drug-likeness (QED) is 0.648. The predicted molar refractivity (Wildman–Crippen MR) is 83.8 cm³/mol. The molecule has 118 valence electrons. The minimum Gasteiger partial charge on any atom is -0.466 e. The molecule has 0 bridgehead atoms. The third-order valence-electron chi connectivity index (χ3n) is 4.88. The van der Waals surface area contributed by atoms with Gasteiger partial charge in [0.2, 0.25) is 0 Å². The van der Waals surface area contributed by atoms with Crippen molar-refractivity contribution in [3.63, 3.8) is 0 Å². The number of aryl methyl sites for hydroxylation is 1. The van der Waals surface area contributed by atoms with Crippen molar-refractivity contribution in [3.05, 3.63) is 34.9 Å². The van der Waals surface area contributed by atoms with Gasteiger partial charge in [-0.2, -0.15) is 0 Å². The molecule has 0 saturated heterocycles. The monoisotopic (exact) mass is 301 g/mol. The van der Waals surface area contributed by atoms with Gasteiger partial charge < -0.3 is 10.1 Å². The summed E-state index contributed by atoms with van der Waals surface area (Å²) in [5.41, 5.74) is 3.01. The van der Waals surface area contributed by atoms with Crippen LogP contribution in [0.1, 0.15) is 60.6 Å². The van der Waals surface area contributed by atoms with E-state index in [0.29, 0.717) is 13.2 Å². The lowest BCUT2D eigenvalue weighted by molar-refractivity contribution is -0.149. The number of ether oxygens (including phenoxy) is 1. The second-order valence-electron chi connectivity index (χ2n) is 6.44. The van der Waals surface area contributed by atoms with Gasteiger partial charge in [-0.3, -0.25) is 9.59 Å². The summed E-state index contributed by atoms with van der Waals surface area (Å²) in [6.07, 6.45) is 3.85. The van der Waals surface area contributed by atoms with Gasteiger partial charge in [-0.05, 0) is 56.7 Å². The summed E-state index contributed by atoms with van der Waals surface area (Å²) < 4.78 is 5.18. The van der Waals surface area contributed by atoms with Crippen molar-refractivity contribution in [2.75, 3.05) is 13.2 Å². The van der Waals surface area contributed by atoms with Crippen LogP contribution in [-0.2, 0) is 16.0 Å². The van der Waals surface area contributed by atoms with E-state index in [-0.39, 0.29) is 23.2 Å². The van der Waals surface area contributed by atoms with E-state index < -0.39 is 0 Å². The number of hydrogen-bond acceptors (Lipinski definition) is 4. The Morgan fingerprint density at radius 3 is 2.77 bits per heavy atom. The largest absolute Gasteiger partial charge is 0.466 e. The van der Waals surface area contributed by atoms with Gasteiger partial charge in [0.1, 0.15) is 0 Å². The molecule has 0 spiro atoms. The average molecular weight is 301 g/mol. The molecule has 1 saturated carbocycles. The van der Waals surface area contributed by atoms with Crippen LogP contribution >= 0.6 is 0 Å². The molecule has 4 nitrogen and oxygen atoms in total. The molecule has 22 heavy (non-hydrogen) atoms. The Morgan fingerprint density at radius 1 is 1.36 bits per heavy atom. The van der Waals surface area contributed by atoms with Gasteiger partial charge in [-0.1, -0.05) is 12.1 Å². The molecule has 0 aliphatic heterocycles. The van der Waals surface area contributed by atoms with Crippen LogP contribution in [0.15, 0.2) is 18.2 Å². The summed E-state index contributed by atoms with van der Waals surface area (Å²) in [6, 6.07) is 6.25. The lowest BCUT2D eigenvalue weighted by Crippen LogP contribution is -2.33. The topological polar surface area (TPSA) is 55.4 Å². The molecule has 1 aromatic carbocycles. The van der Waals surface area contributed by atoms with Crippen LogP contribution in [0.25, 0.3) is 0 Å². The third kappa shape index (κ3) is 2.80. The number of fused-ring (bicyclic) bond motifs is 1. The fourth-order valence-electron chi connectivity index (χ4n) is 3.26. The van der Waals surface area contributed by atoms with Gasteiger partial charge in [0.25, 0.3) is 0 Å². The zero-order chi connectivity index (χ0) is 15.7. The lowest BCUT2D eigenvalue weighted by atomic mass is 10.0. The smallest absolute Gasteiger partial charge is 0.313 e. The maximum atomic E-state index is 12.0. The molecule has 1 unspecified atom stereocenters. The molecule has 0 heterocycles. The number of esters is 1. The molecule has 2 aliphatic rings. The highest BCUT2D eigenvalue weighted by Gasteiger charge is 2.51. The van der Waals surface area contributed by atoms with Crippen LogP contribution in [0.4, 0.5) is 0 Å². The van der Waals surface area contributed by atoms with E-state index in [9.17, 15) is 9.59 Å². The van der Waals surface area contributed by atoms with Gasteiger partial charge >= 0.3 is 5.97 Å². The first-order chi connectivity index (χ1) is 10.6. The van der Waals surface area contributed by atoms with E-state index >= 15 is 0 Å². The zero-order valence-electron chi connectivity index (χ0n) is 13.3. The molecule has 1 atom stereocenters. The number of nitrogens with one attached hydrogen (secondary N) is 1. The molecular weight excluding hydrogens is 278 g/mol. The van der Waals surface area contributed by atoms with Crippen molar-refractivity contribution in [2.24, 2.45) is 5.41 Å². The Bertz CT molecular complexity index is 604. The summed E-state index contributed by atoms with van der Waals surface area (Å²) >= 11 is 0. The van der Waals surface area contributed by atoms with E-state index in [1.54, 1.807) is 6.92 Å². The van der Waals surface area contributed by atoms with Gasteiger partial charge in [0.15, 0.2) is 5.78 Å². The standard InChI is InChI=1S/C18H23NO3/c1-3-22-17(21)18(8-9-18)11-19-16-7-5-14-10-13(12(2)20)4-6-15(14)16/h4,6,10,16,19H,3,5,7-9,11H2,1-2H3. The summed E-state index contributed by atoms with van der Waals surface area (Å²) in [6.45, 7) is 4.58. The molecule has 1 N–H and O–H groups in total. The Hall–Kier alpha value is -1.68. The number of benzene rings is 1. The summed E-state index contributed by atoms with van der Waals surface area (Å²) in [5, 5.41) is 3.54. The molecular formula is C18H23NO3. The summed E-state index contributed by atoms with van der Waals surface area (Å²) in [5.74, 6) is 0.0473.